The van der Waals surface area contributed by atoms with E-state index in [0.717, 1.165) is 0 Å². The van der Waals surface area contributed by atoms with Crippen molar-refractivity contribution in [3.63, 3.8) is 0 Å². The number of carbonyl (C=O) groups is 1. The highest BCUT2D eigenvalue weighted by molar-refractivity contribution is 7.98. The molecular formula is C10H11N3O3S. The van der Waals surface area contributed by atoms with Crippen molar-refractivity contribution in [2.45, 2.75) is 6.04 Å². The van der Waals surface area contributed by atoms with Crippen molar-refractivity contribution < 1.29 is 14.3 Å². The second kappa shape index (κ2) is 5.05. The number of nitrogens with one attached hydrogen (secondary N) is 1. The molecule has 0 saturated heterocycles. The highest BCUT2D eigenvalue weighted by atomic mass is 32.2. The molecule has 2 rings (SSSR count). The van der Waals surface area contributed by atoms with Gasteiger partial charge in [0.05, 0.1) is 0 Å². The van der Waals surface area contributed by atoms with E-state index in [4.69, 9.17) is 9.52 Å². The van der Waals surface area contributed by atoms with Gasteiger partial charge in [0, 0.05) is 11.9 Å². The van der Waals surface area contributed by atoms with E-state index in [0.29, 0.717) is 17.0 Å². The van der Waals surface area contributed by atoms with E-state index >= 15 is 0 Å². The van der Waals surface area contributed by atoms with Gasteiger partial charge in [-0.25, -0.2) is 9.78 Å². The smallest absolute Gasteiger partial charge is 0.327 e. The summed E-state index contributed by atoms with van der Waals surface area (Å²) in [5.74, 6) is -0.504. The highest BCUT2D eigenvalue weighted by Gasteiger charge is 2.19. The minimum atomic E-state index is -0.936. The predicted molar refractivity (Wildman–Crippen MR) is 65.2 cm³/mol. The van der Waals surface area contributed by atoms with Crippen LogP contribution in [0.15, 0.2) is 22.7 Å². The molecule has 6 nitrogen and oxygen atoms in total. The predicted octanol–water partition coefficient (Wildman–Crippen LogP) is 1.45. The number of hydrogen-bond donors (Lipinski definition) is 2. The Bertz CT molecular complexity index is 495. The Morgan fingerprint density at radius 2 is 2.53 bits per heavy atom. The fraction of sp³-hybridized carbons (Fsp3) is 0.300. The Morgan fingerprint density at radius 1 is 1.71 bits per heavy atom. The number of carboxylic acids is 1. The van der Waals surface area contributed by atoms with Crippen LogP contribution in [-0.2, 0) is 4.79 Å². The van der Waals surface area contributed by atoms with E-state index in [-0.39, 0.29) is 6.01 Å². The molecule has 0 bridgehead atoms. The van der Waals surface area contributed by atoms with E-state index in [9.17, 15) is 4.79 Å². The summed E-state index contributed by atoms with van der Waals surface area (Å²) in [4.78, 5) is 19.0. The molecule has 0 aliphatic carbocycles. The molecular weight excluding hydrogens is 242 g/mol. The van der Waals surface area contributed by atoms with Gasteiger partial charge in [-0.2, -0.15) is 16.7 Å². The van der Waals surface area contributed by atoms with Gasteiger partial charge in [0.25, 0.3) is 6.01 Å². The lowest BCUT2D eigenvalue weighted by Gasteiger charge is -2.10. The second-order valence-corrected chi connectivity index (χ2v) is 4.25. The zero-order valence-electron chi connectivity index (χ0n) is 9.08. The van der Waals surface area contributed by atoms with Crippen molar-refractivity contribution in [1.29, 1.82) is 0 Å². The van der Waals surface area contributed by atoms with E-state index < -0.39 is 12.0 Å². The van der Waals surface area contributed by atoms with Crippen LogP contribution in [0.1, 0.15) is 0 Å². The number of fused-ring (bicyclic) bond motifs is 1. The number of aromatic nitrogens is 2. The lowest BCUT2D eigenvalue weighted by atomic mass is 10.3. The van der Waals surface area contributed by atoms with E-state index in [1.807, 2.05) is 6.26 Å². The number of oxazole rings is 1. The van der Waals surface area contributed by atoms with E-state index in [1.165, 1.54) is 11.8 Å². The number of hydrogen-bond acceptors (Lipinski definition) is 6. The van der Waals surface area contributed by atoms with Crippen molar-refractivity contribution in [3.8, 4) is 0 Å². The first-order chi connectivity index (χ1) is 8.20. The Morgan fingerprint density at radius 3 is 3.18 bits per heavy atom. The summed E-state index contributed by atoms with van der Waals surface area (Å²) in [6.45, 7) is 0. The molecule has 0 radical (unpaired) electrons. The highest BCUT2D eigenvalue weighted by Crippen LogP contribution is 2.17. The summed E-state index contributed by atoms with van der Waals surface area (Å²) in [5, 5.41) is 11.7. The molecule has 7 heteroatoms. The van der Waals surface area contributed by atoms with Crippen molar-refractivity contribution in [3.05, 3.63) is 18.3 Å². The molecule has 1 atom stereocenters. The standard InChI is InChI=1S/C10H11N3O3S/c1-17-5-6(9(14)15)12-10-13-8-7(16-10)3-2-4-11-8/h2-4,6H,5H2,1H3,(H,14,15)(H,11,12,13). The Labute approximate surface area is 101 Å². The molecule has 0 spiro atoms. The molecule has 17 heavy (non-hydrogen) atoms. The number of nitrogens with zero attached hydrogens (tertiary/aromatic N) is 2. The zero-order chi connectivity index (χ0) is 12.3. The monoisotopic (exact) mass is 253 g/mol. The maximum absolute atomic E-state index is 10.9. The van der Waals surface area contributed by atoms with Crippen LogP contribution in [0.25, 0.3) is 11.2 Å². The van der Waals surface area contributed by atoms with Gasteiger partial charge >= 0.3 is 5.97 Å². The van der Waals surface area contributed by atoms with Crippen LogP contribution in [0.3, 0.4) is 0 Å². The van der Waals surface area contributed by atoms with Crippen LogP contribution < -0.4 is 5.32 Å². The minimum absolute atomic E-state index is 0.181. The molecule has 0 saturated carbocycles. The Kier molecular flexibility index (Phi) is 3.48. The number of carboxylic acid groups (broad SMARTS) is 1. The van der Waals surface area contributed by atoms with Crippen molar-refractivity contribution in [2.75, 3.05) is 17.3 Å². The molecule has 2 aromatic heterocycles. The van der Waals surface area contributed by atoms with Gasteiger partial charge in [-0.1, -0.05) is 0 Å². The molecule has 0 aliphatic heterocycles. The second-order valence-electron chi connectivity index (χ2n) is 3.33. The van der Waals surface area contributed by atoms with Gasteiger partial charge in [-0.15, -0.1) is 0 Å². The van der Waals surface area contributed by atoms with Gasteiger partial charge < -0.3 is 14.8 Å². The van der Waals surface area contributed by atoms with Gasteiger partial charge in [0.1, 0.15) is 6.04 Å². The van der Waals surface area contributed by atoms with Crippen LogP contribution >= 0.6 is 11.8 Å². The number of rotatable bonds is 5. The summed E-state index contributed by atoms with van der Waals surface area (Å²) in [6, 6.07) is 2.91. The molecule has 0 aliphatic rings. The van der Waals surface area contributed by atoms with Crippen LogP contribution in [-0.4, -0.2) is 39.1 Å². The van der Waals surface area contributed by atoms with Gasteiger partial charge in [0.2, 0.25) is 5.65 Å². The largest absolute Gasteiger partial charge is 0.480 e. The fourth-order valence-corrected chi connectivity index (χ4v) is 1.88. The summed E-state index contributed by atoms with van der Waals surface area (Å²) in [5.41, 5.74) is 0.992. The maximum Gasteiger partial charge on any atom is 0.327 e. The normalized spacial score (nSPS) is 12.5. The van der Waals surface area contributed by atoms with E-state index in [2.05, 4.69) is 15.3 Å². The van der Waals surface area contributed by atoms with Gasteiger partial charge in [0.15, 0.2) is 5.58 Å². The molecule has 0 amide bonds. The lowest BCUT2D eigenvalue weighted by molar-refractivity contribution is -0.137. The van der Waals surface area contributed by atoms with Crippen molar-refractivity contribution in [1.82, 2.24) is 9.97 Å². The topological polar surface area (TPSA) is 88.3 Å². The fourth-order valence-electron chi connectivity index (χ4n) is 1.32. The molecule has 2 heterocycles. The number of anilines is 1. The average Bonchev–Trinajstić information content (AvgIpc) is 2.70. The lowest BCUT2D eigenvalue weighted by Crippen LogP contribution is -2.31. The summed E-state index contributed by atoms with van der Waals surface area (Å²) in [6.07, 6.45) is 3.44. The molecule has 2 aromatic rings. The molecule has 1 unspecified atom stereocenters. The van der Waals surface area contributed by atoms with Crippen molar-refractivity contribution >= 4 is 35.0 Å². The SMILES string of the molecule is CSCC(Nc1nc2ncccc2o1)C(=O)O. The molecule has 2 N–H and O–H groups in total. The van der Waals surface area contributed by atoms with Gasteiger partial charge in [-0.05, 0) is 18.4 Å². The van der Waals surface area contributed by atoms with E-state index in [1.54, 1.807) is 18.3 Å². The molecule has 0 aromatic carbocycles. The first-order valence-corrected chi connectivity index (χ1v) is 6.30. The third kappa shape index (κ3) is 2.68. The first-order valence-electron chi connectivity index (χ1n) is 4.90. The Hall–Kier alpha value is -1.76. The van der Waals surface area contributed by atoms with Crippen LogP contribution in [0.2, 0.25) is 0 Å². The quantitative estimate of drug-likeness (QED) is 0.833. The van der Waals surface area contributed by atoms with Crippen LogP contribution in [0, 0.1) is 0 Å². The van der Waals surface area contributed by atoms with Gasteiger partial charge in [-0.3, -0.25) is 0 Å². The summed E-state index contributed by atoms with van der Waals surface area (Å²) < 4.78 is 5.34. The number of pyridine rings is 1. The number of thioether (sulfide) groups is 1. The van der Waals surface area contributed by atoms with Crippen LogP contribution in [0.4, 0.5) is 6.01 Å². The average molecular weight is 253 g/mol. The summed E-state index contributed by atoms with van der Waals surface area (Å²) in [7, 11) is 0. The third-order valence-electron chi connectivity index (χ3n) is 2.09. The van der Waals surface area contributed by atoms with Crippen molar-refractivity contribution in [2.24, 2.45) is 0 Å². The molecule has 90 valence electrons. The Balaban J connectivity index is 2.19. The maximum atomic E-state index is 10.9. The zero-order valence-corrected chi connectivity index (χ0v) is 9.90. The minimum Gasteiger partial charge on any atom is -0.480 e. The number of aliphatic carboxylic acids is 1. The molecule has 0 fully saturated rings. The third-order valence-corrected chi connectivity index (χ3v) is 2.76. The van der Waals surface area contributed by atoms with Crippen LogP contribution in [0.5, 0.6) is 0 Å². The summed E-state index contributed by atoms with van der Waals surface area (Å²) >= 11 is 1.44. The first kappa shape index (κ1) is 11.7.